The fourth-order valence-corrected chi connectivity index (χ4v) is 1.55. The number of hydrogen-bond acceptors (Lipinski definition) is 4. The summed E-state index contributed by atoms with van der Waals surface area (Å²) < 4.78 is 4.85. The van der Waals surface area contributed by atoms with E-state index in [-0.39, 0.29) is 24.3 Å². The fourth-order valence-electron chi connectivity index (χ4n) is 1.55. The minimum atomic E-state index is -0.778. The number of aliphatic carboxylic acids is 1. The first-order valence-corrected chi connectivity index (χ1v) is 6.55. The lowest BCUT2D eigenvalue weighted by Gasteiger charge is -2.23. The van der Waals surface area contributed by atoms with Gasteiger partial charge in [-0.1, -0.05) is 13.8 Å². The predicted molar refractivity (Wildman–Crippen MR) is 73.0 cm³/mol. The van der Waals surface area contributed by atoms with E-state index in [4.69, 9.17) is 9.84 Å². The summed E-state index contributed by atoms with van der Waals surface area (Å²) in [5.74, 6) is -0.829. The number of carbonyl (C=O) groups is 2. The average Bonchev–Trinajstić information content (AvgIpc) is 2.32. The zero-order chi connectivity index (χ0) is 14.7. The van der Waals surface area contributed by atoms with E-state index < -0.39 is 5.97 Å². The molecule has 0 aliphatic carbocycles. The maximum absolute atomic E-state index is 11.4. The van der Waals surface area contributed by atoms with Crippen LogP contribution in [0.3, 0.4) is 0 Å². The van der Waals surface area contributed by atoms with Crippen molar-refractivity contribution in [1.29, 1.82) is 0 Å². The predicted octanol–water partition coefficient (Wildman–Crippen LogP) is 0.620. The van der Waals surface area contributed by atoms with Crippen LogP contribution < -0.4 is 10.6 Å². The maximum Gasteiger partial charge on any atom is 0.303 e. The summed E-state index contributed by atoms with van der Waals surface area (Å²) in [6, 6.07) is 0. The van der Waals surface area contributed by atoms with E-state index in [1.165, 1.54) is 0 Å². The quantitative estimate of drug-likeness (QED) is 0.481. The molecule has 19 heavy (non-hydrogen) atoms. The lowest BCUT2D eigenvalue weighted by atomic mass is 9.84. The molecular weight excluding hydrogens is 248 g/mol. The second-order valence-electron chi connectivity index (χ2n) is 5.33. The Labute approximate surface area is 114 Å². The van der Waals surface area contributed by atoms with Crippen molar-refractivity contribution < 1.29 is 19.4 Å². The van der Waals surface area contributed by atoms with Crippen LogP contribution in [0.5, 0.6) is 0 Å². The Morgan fingerprint density at radius 3 is 2.47 bits per heavy atom. The normalized spacial score (nSPS) is 11.3. The van der Waals surface area contributed by atoms with Gasteiger partial charge in [-0.2, -0.15) is 0 Å². The van der Waals surface area contributed by atoms with Gasteiger partial charge >= 0.3 is 5.97 Å². The Morgan fingerprint density at radius 1 is 1.21 bits per heavy atom. The summed E-state index contributed by atoms with van der Waals surface area (Å²) in [7, 11) is 1.61. The van der Waals surface area contributed by atoms with Crippen LogP contribution in [0.15, 0.2) is 0 Å². The minimum Gasteiger partial charge on any atom is -0.481 e. The lowest BCUT2D eigenvalue weighted by Crippen LogP contribution is -2.36. The fraction of sp³-hybridized carbons (Fsp3) is 0.846. The third kappa shape index (κ3) is 11.7. The molecule has 6 heteroatoms. The van der Waals surface area contributed by atoms with Crippen LogP contribution in [0.2, 0.25) is 0 Å². The van der Waals surface area contributed by atoms with Gasteiger partial charge in [0.15, 0.2) is 0 Å². The summed E-state index contributed by atoms with van der Waals surface area (Å²) >= 11 is 0. The number of amides is 1. The molecule has 112 valence electrons. The van der Waals surface area contributed by atoms with Gasteiger partial charge < -0.3 is 20.5 Å². The van der Waals surface area contributed by atoms with Crippen molar-refractivity contribution >= 4 is 11.9 Å². The van der Waals surface area contributed by atoms with Gasteiger partial charge in [0.05, 0.1) is 13.2 Å². The maximum atomic E-state index is 11.4. The second-order valence-corrected chi connectivity index (χ2v) is 5.33. The number of carboxylic acids is 1. The van der Waals surface area contributed by atoms with Gasteiger partial charge in [0.1, 0.15) is 0 Å². The van der Waals surface area contributed by atoms with Crippen LogP contribution in [-0.4, -0.2) is 50.3 Å². The molecule has 0 aliphatic rings. The molecule has 0 aromatic heterocycles. The van der Waals surface area contributed by atoms with Crippen LogP contribution in [0.25, 0.3) is 0 Å². The number of carbonyl (C=O) groups excluding carboxylic acids is 1. The van der Waals surface area contributed by atoms with E-state index in [0.29, 0.717) is 26.1 Å². The molecule has 3 N–H and O–H groups in total. The van der Waals surface area contributed by atoms with E-state index >= 15 is 0 Å². The highest BCUT2D eigenvalue weighted by atomic mass is 16.5. The van der Waals surface area contributed by atoms with Crippen LogP contribution >= 0.6 is 0 Å². The first-order chi connectivity index (χ1) is 8.87. The molecule has 6 nitrogen and oxygen atoms in total. The second kappa shape index (κ2) is 9.75. The Hall–Kier alpha value is -1.14. The van der Waals surface area contributed by atoms with Crippen molar-refractivity contribution in [2.75, 3.05) is 33.4 Å². The highest BCUT2D eigenvalue weighted by Gasteiger charge is 2.19. The van der Waals surface area contributed by atoms with Crippen molar-refractivity contribution in [3.05, 3.63) is 0 Å². The number of methoxy groups -OCH3 is 1. The topological polar surface area (TPSA) is 87.7 Å². The van der Waals surface area contributed by atoms with Crippen LogP contribution in [0.1, 0.15) is 33.1 Å². The molecule has 0 radical (unpaired) electrons. The largest absolute Gasteiger partial charge is 0.481 e. The number of carboxylic acid groups (broad SMARTS) is 1. The summed E-state index contributed by atoms with van der Waals surface area (Å²) in [5, 5.41) is 14.4. The van der Waals surface area contributed by atoms with E-state index in [1.807, 2.05) is 13.8 Å². The van der Waals surface area contributed by atoms with Gasteiger partial charge in [-0.25, -0.2) is 0 Å². The van der Waals surface area contributed by atoms with E-state index in [9.17, 15) is 9.59 Å². The van der Waals surface area contributed by atoms with Gasteiger partial charge in [-0.15, -0.1) is 0 Å². The number of rotatable bonds is 11. The Kier molecular flexibility index (Phi) is 9.16. The molecule has 0 bridgehead atoms. The van der Waals surface area contributed by atoms with Crippen molar-refractivity contribution in [2.24, 2.45) is 5.41 Å². The van der Waals surface area contributed by atoms with Crippen LogP contribution in [0.4, 0.5) is 0 Å². The first-order valence-electron chi connectivity index (χ1n) is 6.55. The van der Waals surface area contributed by atoms with Crippen molar-refractivity contribution in [1.82, 2.24) is 10.6 Å². The highest BCUT2D eigenvalue weighted by Crippen LogP contribution is 2.25. The molecule has 0 heterocycles. The van der Waals surface area contributed by atoms with Crippen molar-refractivity contribution in [2.45, 2.75) is 33.1 Å². The lowest BCUT2D eigenvalue weighted by molar-refractivity contribution is -0.137. The van der Waals surface area contributed by atoms with E-state index in [0.717, 1.165) is 6.42 Å². The zero-order valence-corrected chi connectivity index (χ0v) is 12.1. The molecular formula is C13H26N2O4. The third-order valence-corrected chi connectivity index (χ3v) is 2.91. The molecule has 0 saturated heterocycles. The van der Waals surface area contributed by atoms with Crippen LogP contribution in [0, 0.1) is 5.41 Å². The van der Waals surface area contributed by atoms with Gasteiger partial charge in [0.2, 0.25) is 5.91 Å². The molecule has 0 fully saturated rings. The molecule has 0 spiro atoms. The molecule has 0 aromatic rings. The Balaban J connectivity index is 3.64. The van der Waals surface area contributed by atoms with Gasteiger partial charge in [0.25, 0.3) is 0 Å². The molecule has 0 atom stereocenters. The molecule has 0 saturated carbocycles. The smallest absolute Gasteiger partial charge is 0.303 e. The van der Waals surface area contributed by atoms with E-state index in [1.54, 1.807) is 7.11 Å². The average molecular weight is 274 g/mol. The SMILES string of the molecule is COCCNCC(=O)NCCC(C)(C)CCC(=O)O. The summed E-state index contributed by atoms with van der Waals surface area (Å²) in [6.45, 7) is 6.09. The van der Waals surface area contributed by atoms with Gasteiger partial charge in [-0.3, -0.25) is 9.59 Å². The molecule has 0 rings (SSSR count). The van der Waals surface area contributed by atoms with Crippen molar-refractivity contribution in [3.63, 3.8) is 0 Å². The van der Waals surface area contributed by atoms with Gasteiger partial charge in [0, 0.05) is 26.6 Å². The minimum absolute atomic E-state index is 0.0508. The molecule has 1 amide bonds. The summed E-state index contributed by atoms with van der Waals surface area (Å²) in [6.07, 6.45) is 1.55. The van der Waals surface area contributed by atoms with Crippen molar-refractivity contribution in [3.8, 4) is 0 Å². The van der Waals surface area contributed by atoms with E-state index in [2.05, 4.69) is 10.6 Å². The molecule has 0 aliphatic heterocycles. The Morgan fingerprint density at radius 2 is 1.89 bits per heavy atom. The summed E-state index contributed by atoms with van der Waals surface area (Å²) in [4.78, 5) is 22.0. The van der Waals surface area contributed by atoms with Crippen LogP contribution in [-0.2, 0) is 14.3 Å². The number of nitrogens with one attached hydrogen (secondary N) is 2. The molecule has 0 aromatic carbocycles. The monoisotopic (exact) mass is 274 g/mol. The number of hydrogen-bond donors (Lipinski definition) is 3. The number of ether oxygens (including phenoxy) is 1. The third-order valence-electron chi connectivity index (χ3n) is 2.91. The Bertz CT molecular complexity index is 280. The zero-order valence-electron chi connectivity index (χ0n) is 12.1. The summed E-state index contributed by atoms with van der Waals surface area (Å²) in [5.41, 5.74) is -0.0743. The standard InChI is InChI=1S/C13H26N2O4/c1-13(2,5-4-12(17)18)6-7-15-11(16)10-14-8-9-19-3/h14H,4-10H2,1-3H3,(H,15,16)(H,17,18). The highest BCUT2D eigenvalue weighted by molar-refractivity contribution is 5.77. The molecule has 0 unspecified atom stereocenters. The van der Waals surface area contributed by atoms with Gasteiger partial charge in [-0.05, 0) is 18.3 Å². The first kappa shape index (κ1) is 17.9.